The van der Waals surface area contributed by atoms with Gasteiger partial charge in [-0.15, -0.1) is 0 Å². The Labute approximate surface area is 142 Å². The van der Waals surface area contributed by atoms with Gasteiger partial charge in [0, 0.05) is 12.2 Å². The Morgan fingerprint density at radius 2 is 1.79 bits per heavy atom. The van der Waals surface area contributed by atoms with Crippen molar-refractivity contribution in [3.8, 4) is 0 Å². The van der Waals surface area contributed by atoms with Crippen LogP contribution in [-0.4, -0.2) is 27.4 Å². The number of anilines is 1. The molecule has 0 unspecified atom stereocenters. The highest BCUT2D eigenvalue weighted by atomic mass is 32.2. The first-order valence-electron chi connectivity index (χ1n) is 7.93. The van der Waals surface area contributed by atoms with E-state index in [4.69, 9.17) is 0 Å². The van der Waals surface area contributed by atoms with Gasteiger partial charge in [-0.25, -0.2) is 8.42 Å². The van der Waals surface area contributed by atoms with Crippen molar-refractivity contribution < 1.29 is 13.2 Å². The van der Waals surface area contributed by atoms with Crippen LogP contribution in [0.2, 0.25) is 0 Å². The Kier molecular flexibility index (Phi) is 4.97. The van der Waals surface area contributed by atoms with Crippen LogP contribution in [0.25, 0.3) is 0 Å². The van der Waals surface area contributed by atoms with Crippen LogP contribution in [0.5, 0.6) is 0 Å². The van der Waals surface area contributed by atoms with E-state index in [1.165, 1.54) is 0 Å². The molecule has 2 N–H and O–H groups in total. The van der Waals surface area contributed by atoms with Crippen LogP contribution < -0.4 is 10.6 Å². The number of hydrogen-bond acceptors (Lipinski definition) is 4. The summed E-state index contributed by atoms with van der Waals surface area (Å²) in [5.74, 6) is -0.274. The number of hydrogen-bond donors (Lipinski definition) is 2. The summed E-state index contributed by atoms with van der Waals surface area (Å²) in [6.45, 7) is 1.50. The SMILES string of the molecule is O=C(Nc1ccccc1CS(=O)(=O)c1ccccc1)[C@H]1CCNC1. The van der Waals surface area contributed by atoms with E-state index in [1.807, 2.05) is 0 Å². The van der Waals surface area contributed by atoms with E-state index in [2.05, 4.69) is 10.6 Å². The first kappa shape index (κ1) is 16.7. The number of sulfone groups is 1. The van der Waals surface area contributed by atoms with Crippen LogP contribution in [0.15, 0.2) is 59.5 Å². The summed E-state index contributed by atoms with van der Waals surface area (Å²) in [5, 5.41) is 6.04. The fourth-order valence-corrected chi connectivity index (χ4v) is 4.20. The van der Waals surface area contributed by atoms with Crippen molar-refractivity contribution in [1.82, 2.24) is 5.32 Å². The highest BCUT2D eigenvalue weighted by Gasteiger charge is 2.24. The first-order valence-corrected chi connectivity index (χ1v) is 9.59. The number of carbonyl (C=O) groups excluding carboxylic acids is 1. The minimum absolute atomic E-state index is 0.0652. The van der Waals surface area contributed by atoms with Crippen LogP contribution in [0, 0.1) is 5.92 Å². The molecule has 1 aliphatic heterocycles. The zero-order chi connectivity index (χ0) is 17.0. The number of rotatable bonds is 5. The highest BCUT2D eigenvalue weighted by Crippen LogP contribution is 2.23. The topological polar surface area (TPSA) is 75.3 Å². The molecule has 3 rings (SSSR count). The lowest BCUT2D eigenvalue weighted by molar-refractivity contribution is -0.119. The molecule has 1 aliphatic rings. The molecule has 0 saturated carbocycles. The van der Waals surface area contributed by atoms with Crippen molar-refractivity contribution in [2.24, 2.45) is 5.92 Å². The normalized spacial score (nSPS) is 17.6. The number of para-hydroxylation sites is 1. The highest BCUT2D eigenvalue weighted by molar-refractivity contribution is 7.90. The van der Waals surface area contributed by atoms with Gasteiger partial charge in [0.2, 0.25) is 5.91 Å². The van der Waals surface area contributed by atoms with Gasteiger partial charge in [-0.1, -0.05) is 36.4 Å². The molecule has 0 spiro atoms. The summed E-state index contributed by atoms with van der Waals surface area (Å²) in [5.41, 5.74) is 1.16. The smallest absolute Gasteiger partial charge is 0.228 e. The average Bonchev–Trinajstić information content (AvgIpc) is 3.12. The predicted octanol–water partition coefficient (Wildman–Crippen LogP) is 2.21. The molecule has 0 aromatic heterocycles. The zero-order valence-corrected chi connectivity index (χ0v) is 14.1. The Balaban J connectivity index is 1.80. The second-order valence-corrected chi connectivity index (χ2v) is 7.90. The van der Waals surface area contributed by atoms with Crippen LogP contribution in [0.4, 0.5) is 5.69 Å². The summed E-state index contributed by atoms with van der Waals surface area (Å²) >= 11 is 0. The van der Waals surface area contributed by atoms with Crippen molar-refractivity contribution in [2.45, 2.75) is 17.1 Å². The van der Waals surface area contributed by atoms with Crippen molar-refractivity contribution in [1.29, 1.82) is 0 Å². The molecule has 5 nitrogen and oxygen atoms in total. The molecule has 0 aliphatic carbocycles. The van der Waals surface area contributed by atoms with Gasteiger partial charge in [0.1, 0.15) is 0 Å². The third-order valence-electron chi connectivity index (χ3n) is 4.15. The van der Waals surface area contributed by atoms with Gasteiger partial charge in [0.05, 0.1) is 16.6 Å². The molecule has 2 aromatic rings. The van der Waals surface area contributed by atoms with Gasteiger partial charge in [-0.2, -0.15) is 0 Å². The number of carbonyl (C=O) groups is 1. The molecule has 1 amide bonds. The Bertz CT molecular complexity index is 813. The molecule has 6 heteroatoms. The largest absolute Gasteiger partial charge is 0.326 e. The van der Waals surface area contributed by atoms with E-state index in [-0.39, 0.29) is 22.5 Å². The molecule has 24 heavy (non-hydrogen) atoms. The van der Waals surface area contributed by atoms with Gasteiger partial charge in [0.25, 0.3) is 0 Å². The van der Waals surface area contributed by atoms with Crippen molar-refractivity contribution in [3.63, 3.8) is 0 Å². The Hall–Kier alpha value is -2.18. The van der Waals surface area contributed by atoms with E-state index >= 15 is 0 Å². The standard InChI is InChI=1S/C18H20N2O3S/c21-18(14-10-11-19-12-14)20-17-9-5-4-6-15(17)13-24(22,23)16-7-2-1-3-8-16/h1-9,14,19H,10-13H2,(H,20,21)/t14-/m0/s1. The van der Waals surface area contributed by atoms with E-state index in [0.717, 1.165) is 13.0 Å². The van der Waals surface area contributed by atoms with Gasteiger partial charge in [0.15, 0.2) is 9.84 Å². The summed E-state index contributed by atoms with van der Waals surface area (Å²) in [6, 6.07) is 15.4. The molecular formula is C18H20N2O3S. The van der Waals surface area contributed by atoms with Gasteiger partial charge in [-0.3, -0.25) is 4.79 Å². The summed E-state index contributed by atoms with van der Waals surface area (Å²) < 4.78 is 25.1. The van der Waals surface area contributed by atoms with Crippen LogP contribution in [-0.2, 0) is 20.4 Å². The van der Waals surface area contributed by atoms with Gasteiger partial charge >= 0.3 is 0 Å². The van der Waals surface area contributed by atoms with Gasteiger partial charge in [-0.05, 0) is 36.7 Å². The van der Waals surface area contributed by atoms with Gasteiger partial charge < -0.3 is 10.6 Å². The van der Waals surface area contributed by atoms with Crippen LogP contribution >= 0.6 is 0 Å². The Morgan fingerprint density at radius 1 is 1.08 bits per heavy atom. The summed E-state index contributed by atoms with van der Waals surface area (Å²) in [7, 11) is -3.45. The van der Waals surface area contributed by atoms with Crippen molar-refractivity contribution in [3.05, 3.63) is 60.2 Å². The minimum Gasteiger partial charge on any atom is -0.326 e. The van der Waals surface area contributed by atoms with E-state index in [9.17, 15) is 13.2 Å². The number of nitrogens with one attached hydrogen (secondary N) is 2. The summed E-state index contributed by atoms with van der Waals surface area (Å²) in [6.07, 6.45) is 0.802. The molecule has 1 fully saturated rings. The average molecular weight is 344 g/mol. The molecule has 126 valence electrons. The zero-order valence-electron chi connectivity index (χ0n) is 13.2. The lowest BCUT2D eigenvalue weighted by Crippen LogP contribution is -2.25. The summed E-state index contributed by atoms with van der Waals surface area (Å²) in [4.78, 5) is 12.6. The lowest BCUT2D eigenvalue weighted by Gasteiger charge is -2.14. The first-order chi connectivity index (χ1) is 11.6. The quantitative estimate of drug-likeness (QED) is 0.872. The third kappa shape index (κ3) is 3.83. The van der Waals surface area contributed by atoms with E-state index < -0.39 is 9.84 Å². The van der Waals surface area contributed by atoms with Crippen molar-refractivity contribution in [2.75, 3.05) is 18.4 Å². The molecule has 1 atom stereocenters. The fraction of sp³-hybridized carbons (Fsp3) is 0.278. The minimum atomic E-state index is -3.45. The Morgan fingerprint density at radius 3 is 2.50 bits per heavy atom. The molecule has 2 aromatic carbocycles. The second-order valence-electron chi connectivity index (χ2n) is 5.91. The van der Waals surface area contributed by atoms with Crippen LogP contribution in [0.1, 0.15) is 12.0 Å². The molecular weight excluding hydrogens is 324 g/mol. The lowest BCUT2D eigenvalue weighted by atomic mass is 10.1. The molecule has 0 radical (unpaired) electrons. The monoisotopic (exact) mass is 344 g/mol. The van der Waals surface area contributed by atoms with Crippen LogP contribution in [0.3, 0.4) is 0 Å². The maximum Gasteiger partial charge on any atom is 0.228 e. The second kappa shape index (κ2) is 7.15. The maximum atomic E-state index is 12.6. The molecule has 1 heterocycles. The maximum absolute atomic E-state index is 12.6. The molecule has 1 saturated heterocycles. The fourth-order valence-electron chi connectivity index (χ4n) is 2.80. The predicted molar refractivity (Wildman–Crippen MR) is 93.4 cm³/mol. The third-order valence-corrected chi connectivity index (χ3v) is 5.84. The number of benzene rings is 2. The van der Waals surface area contributed by atoms with E-state index in [0.29, 0.717) is 17.8 Å². The number of amides is 1. The molecule has 0 bridgehead atoms. The van der Waals surface area contributed by atoms with E-state index in [1.54, 1.807) is 54.6 Å². The van der Waals surface area contributed by atoms with Crippen molar-refractivity contribution >= 4 is 21.4 Å².